The van der Waals surface area contributed by atoms with Crippen LogP contribution in [0.3, 0.4) is 0 Å². The molecule has 0 radical (unpaired) electrons. The van der Waals surface area contributed by atoms with Crippen LogP contribution in [0, 0.1) is 5.92 Å². The van der Waals surface area contributed by atoms with Gasteiger partial charge in [-0.3, -0.25) is 4.79 Å². The van der Waals surface area contributed by atoms with Gasteiger partial charge in [-0.05, 0) is 24.8 Å². The highest BCUT2D eigenvalue weighted by atomic mass is 32.2. The fraction of sp³-hybridized carbons (Fsp3) is 0.769. The van der Waals surface area contributed by atoms with Crippen LogP contribution < -0.4 is 0 Å². The van der Waals surface area contributed by atoms with Crippen molar-refractivity contribution in [2.45, 2.75) is 19.3 Å². The Kier molecular flexibility index (Phi) is 5.37. The van der Waals surface area contributed by atoms with Crippen LogP contribution in [0.25, 0.3) is 0 Å². The molecule has 0 amide bonds. The largest absolute Gasteiger partial charge is 0.481 e. The summed E-state index contributed by atoms with van der Waals surface area (Å²) in [5, 5.41) is 9.07. The van der Waals surface area contributed by atoms with Gasteiger partial charge in [-0.2, -0.15) is 17.0 Å². The second kappa shape index (κ2) is 6.87. The van der Waals surface area contributed by atoms with Gasteiger partial charge < -0.3 is 9.84 Å². The molecule has 0 aromatic rings. The molecule has 0 aliphatic carbocycles. The van der Waals surface area contributed by atoms with Gasteiger partial charge in [0.25, 0.3) is 10.2 Å². The molecule has 7 nitrogen and oxygen atoms in total. The number of methoxy groups -OCH3 is 1. The third kappa shape index (κ3) is 3.82. The number of ether oxygens (including phenoxy) is 1. The summed E-state index contributed by atoms with van der Waals surface area (Å²) in [4.78, 5) is 11.1. The Morgan fingerprint density at radius 2 is 2.19 bits per heavy atom. The maximum atomic E-state index is 12.6. The first-order chi connectivity index (χ1) is 9.95. The number of nitrogens with zero attached hydrogens (tertiary/aromatic N) is 2. The lowest BCUT2D eigenvalue weighted by atomic mass is 10.0. The van der Waals surface area contributed by atoms with Crippen molar-refractivity contribution in [3.63, 3.8) is 0 Å². The van der Waals surface area contributed by atoms with Crippen molar-refractivity contribution in [3.05, 3.63) is 11.6 Å². The number of hydrogen-bond donors (Lipinski definition) is 1. The van der Waals surface area contributed by atoms with E-state index in [2.05, 4.69) is 0 Å². The number of piperidine rings is 1. The average Bonchev–Trinajstić information content (AvgIpc) is 2.48. The van der Waals surface area contributed by atoms with E-state index in [1.165, 1.54) is 8.61 Å². The summed E-state index contributed by atoms with van der Waals surface area (Å²) < 4.78 is 32.9. The number of carboxylic acid groups (broad SMARTS) is 1. The number of aliphatic carboxylic acids is 1. The zero-order chi connectivity index (χ0) is 15.5. The molecule has 0 bridgehead atoms. The first-order valence-corrected chi connectivity index (χ1v) is 8.49. The van der Waals surface area contributed by atoms with Gasteiger partial charge in [-0.25, -0.2) is 0 Å². The van der Waals surface area contributed by atoms with E-state index in [9.17, 15) is 13.2 Å². The molecular formula is C13H22N2O5S. The third-order valence-corrected chi connectivity index (χ3v) is 5.95. The van der Waals surface area contributed by atoms with E-state index in [1.54, 1.807) is 7.11 Å². The second-order valence-electron chi connectivity index (χ2n) is 5.45. The molecule has 8 heteroatoms. The van der Waals surface area contributed by atoms with Crippen LogP contribution in [0.15, 0.2) is 11.6 Å². The van der Waals surface area contributed by atoms with E-state index in [0.717, 1.165) is 5.57 Å². The van der Waals surface area contributed by atoms with Crippen molar-refractivity contribution in [2.75, 3.05) is 39.9 Å². The van der Waals surface area contributed by atoms with Crippen molar-refractivity contribution < 1.29 is 23.1 Å². The third-order valence-electron chi connectivity index (χ3n) is 3.98. The van der Waals surface area contributed by atoms with E-state index in [-0.39, 0.29) is 6.54 Å². The highest BCUT2D eigenvalue weighted by molar-refractivity contribution is 7.86. The summed E-state index contributed by atoms with van der Waals surface area (Å²) in [6.07, 6.45) is 3.67. The van der Waals surface area contributed by atoms with Gasteiger partial charge in [0.15, 0.2) is 0 Å². The van der Waals surface area contributed by atoms with Crippen LogP contribution >= 0.6 is 0 Å². The van der Waals surface area contributed by atoms with Crippen molar-refractivity contribution in [1.82, 2.24) is 8.61 Å². The maximum Gasteiger partial charge on any atom is 0.307 e. The molecule has 0 spiro atoms. The fourth-order valence-electron chi connectivity index (χ4n) is 2.74. The summed E-state index contributed by atoms with van der Waals surface area (Å²) in [5.41, 5.74) is 1.10. The molecule has 1 N–H and O–H groups in total. The lowest BCUT2D eigenvalue weighted by molar-refractivity contribution is -0.142. The average molecular weight is 318 g/mol. The Morgan fingerprint density at radius 3 is 2.76 bits per heavy atom. The zero-order valence-corrected chi connectivity index (χ0v) is 13.0. The van der Waals surface area contributed by atoms with E-state index < -0.39 is 22.1 Å². The number of rotatable bonds is 5. The lowest BCUT2D eigenvalue weighted by Gasteiger charge is -2.35. The molecular weight excluding hydrogens is 296 g/mol. The monoisotopic (exact) mass is 318 g/mol. The van der Waals surface area contributed by atoms with Gasteiger partial charge >= 0.3 is 5.97 Å². The van der Waals surface area contributed by atoms with Gasteiger partial charge in [-0.1, -0.05) is 6.08 Å². The molecule has 120 valence electrons. The quantitative estimate of drug-likeness (QED) is 0.737. The Bertz CT molecular complexity index is 517. The molecule has 1 atom stereocenters. The van der Waals surface area contributed by atoms with Crippen LogP contribution in [0.1, 0.15) is 19.3 Å². The minimum atomic E-state index is -3.57. The Morgan fingerprint density at radius 1 is 1.43 bits per heavy atom. The van der Waals surface area contributed by atoms with Crippen molar-refractivity contribution in [2.24, 2.45) is 5.92 Å². The topological polar surface area (TPSA) is 87.2 Å². The Hall–Kier alpha value is -0.960. The number of carboxylic acids is 1. The van der Waals surface area contributed by atoms with Crippen LogP contribution in [0.2, 0.25) is 0 Å². The molecule has 2 heterocycles. The van der Waals surface area contributed by atoms with Crippen LogP contribution in [0.4, 0.5) is 0 Å². The molecule has 1 saturated heterocycles. The summed E-state index contributed by atoms with van der Waals surface area (Å²) in [5.74, 6) is -1.52. The predicted octanol–water partition coefficient (Wildman–Crippen LogP) is 0.306. The van der Waals surface area contributed by atoms with Gasteiger partial charge in [0.2, 0.25) is 0 Å². The van der Waals surface area contributed by atoms with Gasteiger partial charge in [0.1, 0.15) is 0 Å². The molecule has 1 fully saturated rings. The minimum absolute atomic E-state index is 0.0722. The molecule has 2 aliphatic rings. The van der Waals surface area contributed by atoms with Gasteiger partial charge in [0.05, 0.1) is 12.5 Å². The Balaban J connectivity index is 2.03. The highest BCUT2D eigenvalue weighted by Crippen LogP contribution is 2.23. The standard InChI is InChI=1S/C13H22N2O5S/c1-20-10-11-4-7-14(8-5-11)21(18,19)15-6-2-3-12(9-15)13(16)17/h4,12H,2-3,5-10H2,1H3,(H,16,17). The molecule has 0 aromatic carbocycles. The number of hydrogen-bond acceptors (Lipinski definition) is 4. The predicted molar refractivity (Wildman–Crippen MR) is 77.0 cm³/mol. The van der Waals surface area contributed by atoms with Crippen molar-refractivity contribution in [3.8, 4) is 0 Å². The normalized spacial score (nSPS) is 25.6. The summed E-state index contributed by atoms with van der Waals surface area (Å²) in [6.45, 7) is 1.75. The summed E-state index contributed by atoms with van der Waals surface area (Å²) >= 11 is 0. The molecule has 0 saturated carbocycles. The smallest absolute Gasteiger partial charge is 0.307 e. The van der Waals surface area contributed by atoms with Crippen LogP contribution in [0.5, 0.6) is 0 Å². The van der Waals surface area contributed by atoms with E-state index in [0.29, 0.717) is 45.5 Å². The molecule has 2 aliphatic heterocycles. The minimum Gasteiger partial charge on any atom is -0.481 e. The van der Waals surface area contributed by atoms with E-state index in [4.69, 9.17) is 9.84 Å². The molecule has 2 rings (SSSR count). The molecule has 0 aromatic heterocycles. The zero-order valence-electron chi connectivity index (χ0n) is 12.2. The first-order valence-electron chi connectivity index (χ1n) is 7.10. The van der Waals surface area contributed by atoms with E-state index >= 15 is 0 Å². The van der Waals surface area contributed by atoms with Gasteiger partial charge in [-0.15, -0.1) is 0 Å². The highest BCUT2D eigenvalue weighted by Gasteiger charge is 2.36. The fourth-order valence-corrected chi connectivity index (χ4v) is 4.38. The van der Waals surface area contributed by atoms with Crippen LogP contribution in [-0.2, 0) is 19.7 Å². The second-order valence-corrected chi connectivity index (χ2v) is 7.38. The van der Waals surface area contributed by atoms with E-state index in [1.807, 2.05) is 6.08 Å². The van der Waals surface area contributed by atoms with Crippen molar-refractivity contribution >= 4 is 16.2 Å². The number of carbonyl (C=O) groups is 1. The lowest BCUT2D eigenvalue weighted by Crippen LogP contribution is -2.50. The molecule has 21 heavy (non-hydrogen) atoms. The van der Waals surface area contributed by atoms with Gasteiger partial charge in [0, 0.05) is 33.3 Å². The molecule has 1 unspecified atom stereocenters. The SMILES string of the molecule is COCC1=CCN(S(=O)(=O)N2CCCC(C(=O)O)C2)CC1. The Labute approximate surface area is 125 Å². The maximum absolute atomic E-state index is 12.6. The van der Waals surface area contributed by atoms with Crippen molar-refractivity contribution in [1.29, 1.82) is 0 Å². The summed E-state index contributed by atoms with van der Waals surface area (Å²) in [7, 11) is -1.96. The first kappa shape index (κ1) is 16.4. The summed E-state index contributed by atoms with van der Waals surface area (Å²) in [6, 6.07) is 0. The van der Waals surface area contributed by atoms with Crippen LogP contribution in [-0.4, -0.2) is 68.0 Å².